The quantitative estimate of drug-likeness (QED) is 0.0133. The van der Waals surface area contributed by atoms with Gasteiger partial charge >= 0.3 is 75.7 Å². The number of hydrogen-bond acceptors (Lipinski definition) is 27. The number of benzene rings is 5. The monoisotopic (exact) mass is 2120 g/mol. The first-order valence-electron chi connectivity index (χ1n) is 32.0. The molecule has 0 fully saturated rings. The molecule has 3 radical (unpaired) electrons. The number of amides is 3. The topological polar surface area (TPSA) is 386 Å². The molecule has 0 saturated heterocycles. The summed E-state index contributed by atoms with van der Waals surface area (Å²) in [5, 5.41) is 27.0. The smallest absolute Gasteiger partial charge is 0.696 e. The molecule has 3 amide bonds. The molecule has 0 spiro atoms. The second-order valence-electron chi connectivity index (χ2n) is 22.8. The van der Waals surface area contributed by atoms with E-state index in [1.807, 2.05) is 30.3 Å². The summed E-state index contributed by atoms with van der Waals surface area (Å²) in [7, 11) is 2.60. The van der Waals surface area contributed by atoms with Crippen LogP contribution in [0.25, 0.3) is 41.4 Å². The predicted octanol–water partition coefficient (Wildman–Crippen LogP) is 18.1. The van der Waals surface area contributed by atoms with E-state index in [0.29, 0.717) is 73.6 Å². The Hall–Kier alpha value is -8.37. The van der Waals surface area contributed by atoms with Crippen LogP contribution in [0, 0.1) is 10.7 Å². The molecule has 0 unspecified atom stereocenters. The van der Waals surface area contributed by atoms with Crippen molar-refractivity contribution in [1.29, 1.82) is 5.26 Å². The third-order valence-corrected chi connectivity index (χ3v) is 20.3. The first-order chi connectivity index (χ1) is 55.2. The normalized spacial score (nSPS) is 10.4. The molecule has 0 aliphatic carbocycles. The van der Waals surface area contributed by atoms with E-state index in [0.717, 1.165) is 98.9 Å². The number of rotatable bonds is 11. The Kier molecular flexibility index (Phi) is 42.5. The number of nitrogens with zero attached hydrogens (tertiary/aromatic N) is 10. The first kappa shape index (κ1) is 104. The number of nitrogens with one attached hydrogen (secondary N) is 3. The van der Waals surface area contributed by atoms with Crippen LogP contribution in [-0.2, 0) is 40.1 Å². The summed E-state index contributed by atoms with van der Waals surface area (Å²) in [5.74, 6) is -1.96. The number of nitriles is 1. The molecule has 120 heavy (non-hydrogen) atoms. The maximum atomic E-state index is 12.5. The first-order valence-corrected chi connectivity index (χ1v) is 40.4. The zero-order chi connectivity index (χ0) is 86.1. The Labute approximate surface area is 798 Å². The number of aromatic nitrogens is 9. The molecule has 25 nitrogen and oxygen atoms in total. The average Bonchev–Trinajstić information content (AvgIpc) is 1.72. The van der Waals surface area contributed by atoms with Crippen molar-refractivity contribution < 1.29 is 127 Å². The molecule has 9 aromatic heterocycles. The predicted molar refractivity (Wildman–Crippen MR) is 473 cm³/mol. The number of methoxy groups -OCH3 is 2. The number of thiocyanates is 1. The van der Waals surface area contributed by atoms with Crippen LogP contribution in [0.5, 0.6) is 0 Å². The Morgan fingerprint density at radius 3 is 0.967 bits per heavy atom. The van der Waals surface area contributed by atoms with Crippen LogP contribution < -0.4 is 78.8 Å². The second-order valence-corrected chi connectivity index (χ2v) is 31.7. The third kappa shape index (κ3) is 33.1. The molecule has 0 bridgehead atoms. The van der Waals surface area contributed by atoms with Gasteiger partial charge in [0.05, 0.1) is 54.0 Å². The zero-order valence-corrected chi connectivity index (χ0v) is 77.8. The third-order valence-electron chi connectivity index (χ3n) is 14.2. The van der Waals surface area contributed by atoms with Crippen LogP contribution in [0.15, 0.2) is 211 Å². The van der Waals surface area contributed by atoms with Crippen LogP contribution in [0.3, 0.4) is 0 Å². The van der Waals surface area contributed by atoms with Crippen molar-refractivity contribution in [3.63, 3.8) is 0 Å². The number of halogens is 13. The van der Waals surface area contributed by atoms with Crippen LogP contribution in [0.4, 0.5) is 52.6 Å². The van der Waals surface area contributed by atoms with Crippen LogP contribution in [-0.4, -0.2) is 113 Å². The fraction of sp³-hybridized carbons (Fsp3) is 0.107. The van der Waals surface area contributed by atoms with Crippen molar-refractivity contribution in [2.75, 3.05) is 41.6 Å². The van der Waals surface area contributed by atoms with Gasteiger partial charge in [0.1, 0.15) is 64.4 Å². The number of hydrogen-bond donors (Lipinski definition) is 6. The summed E-state index contributed by atoms with van der Waals surface area (Å²) >= 11 is 35.4. The van der Waals surface area contributed by atoms with Gasteiger partial charge in [0.15, 0.2) is 20.5 Å². The summed E-state index contributed by atoms with van der Waals surface area (Å²) in [6, 6.07) is 44.7. The molecule has 0 aliphatic rings. The molecular weight excluding hydrogens is 2070 g/mol. The summed E-state index contributed by atoms with van der Waals surface area (Å²) < 4.78 is 86.3. The maximum absolute atomic E-state index is 12.5. The molecule has 0 saturated carbocycles. The standard InChI is InChI=1S/C16H14BrN3O2S.C15H10BrN3O3S.C14H7BrF3N3OS.C9H7ClO3.C8H4ClF3O.C6H4BrN3S.C5H5BrN2.CHNS.CH4.B.K.H2/c1-16(2,22)10-5-3-9(4-6-10)13(21)20-15-18-11-7-8-12(17)19-14(11)23-15;1-22-14(21)9-4-2-8(3-5-9)12(20)19-15-17-10-6-7-11(16)18-13(10)23-15;15-10-6-5-9-12(20-10)23-13(19-9)21-11(22)7-1-3-8(4-2-7)14(16,17)18;1-13-9(12)7-4-2-6(3-5-7)8(10)11;9-7(13)5-1-3-6(4-2-5)8(10,11)12;7-4-2-1-3-5(10-4)11-6(8)9-3;6-5-2-1-4(7)3-8-5;2-1-3;;;;/h3-8,22H,1-2H3,(H,18,20,21);2-7H,1H3,(H,17,19,20);1-6H,(H,19,21,22);2-5H,1H3;1-4H;1-2H,(H2,8,9);1-3H,7H2;3H;1H4;;;1H/q;;;;;;;;;;+1;/p-1/i;;;;;;;;;;;1+1. The van der Waals surface area contributed by atoms with Crippen LogP contribution in [0.2, 0.25) is 0 Å². The Balaban J connectivity index is 0.000000370. The number of anilines is 5. The van der Waals surface area contributed by atoms with Gasteiger partial charge < -0.3 is 38.7 Å². The average molecular weight is 2120 g/mol. The number of nitrogen functional groups attached to an aromatic ring is 2. The number of pyridine rings is 5. The fourth-order valence-electron chi connectivity index (χ4n) is 8.61. The summed E-state index contributed by atoms with van der Waals surface area (Å²) in [6.07, 6.45) is -7.21. The van der Waals surface area contributed by atoms with Crippen molar-refractivity contribution in [3.8, 4) is 5.40 Å². The number of esters is 2. The van der Waals surface area contributed by atoms with Crippen LogP contribution >= 0.6 is 148 Å². The second kappa shape index (κ2) is 49.1. The molecule has 5 aromatic carbocycles. The number of alkyl halides is 6. The van der Waals surface area contributed by atoms with Gasteiger partial charge in [-0.3, -0.25) is 39.9 Å². The summed E-state index contributed by atoms with van der Waals surface area (Å²) in [4.78, 5) is 121. The Morgan fingerprint density at radius 2 is 0.700 bits per heavy atom. The number of fused-ring (bicyclic) bond motifs is 4. The number of carbonyl (C=O) groups is 7. The molecule has 0 aliphatic heterocycles. The molecule has 9 heterocycles. The van der Waals surface area contributed by atoms with Crippen molar-refractivity contribution in [2.24, 2.45) is 0 Å². The van der Waals surface area contributed by atoms with Gasteiger partial charge in [-0.25, -0.2) is 59.7 Å². The van der Waals surface area contributed by atoms with Gasteiger partial charge in [0.25, 0.3) is 28.2 Å². The molecule has 14 aromatic rings. The van der Waals surface area contributed by atoms with E-state index in [2.05, 4.69) is 163 Å². The summed E-state index contributed by atoms with van der Waals surface area (Å²) in [5.41, 5.74) is 14.9. The number of aliphatic hydroxyl groups is 1. The number of carbonyl (C=O) groups excluding carboxylic acids is 7. The van der Waals surface area contributed by atoms with E-state index in [9.17, 15) is 65.0 Å². The van der Waals surface area contributed by atoms with Gasteiger partial charge in [-0.2, -0.15) is 26.3 Å². The molecule has 45 heteroatoms. The summed E-state index contributed by atoms with van der Waals surface area (Å²) in [6.45, 7) is 3.41. The molecule has 8 N–H and O–H groups in total. The molecule has 14 rings (SSSR count). The van der Waals surface area contributed by atoms with Gasteiger partial charge in [0.2, 0.25) is 0 Å². The van der Waals surface area contributed by atoms with E-state index in [1.165, 1.54) is 101 Å². The van der Waals surface area contributed by atoms with Crippen molar-refractivity contribution in [1.82, 2.24) is 44.9 Å². The maximum Gasteiger partial charge on any atom is 1.00 e. The van der Waals surface area contributed by atoms with E-state index >= 15 is 0 Å². The fourth-order valence-corrected chi connectivity index (χ4v) is 14.0. The Morgan fingerprint density at radius 1 is 0.442 bits per heavy atom. The number of ether oxygens (including phenoxy) is 2. The minimum atomic E-state index is -4.43. The molecule has 617 valence electrons. The van der Waals surface area contributed by atoms with Crippen LogP contribution in [0.1, 0.15) is 112 Å². The van der Waals surface area contributed by atoms with Gasteiger partial charge in [-0.05, 0) is 292 Å². The SMILES string of the molecule is C.CC(C)(O)c1ccc(C(=O)Nc2nc3ccc(Br)nc3s2)cc1.COC(=O)c1ccc(C(=O)Cl)cc1.COC(=O)c1ccc(C(=O)Nc2nc3ccc(Br)nc3s2)cc1.N#C[S-].Nc1ccc(Br)nc1.Nc1nc2ccc(Br)nc2s1.O=C(Cl)c1ccc(C(F)(F)F)cc1.O=C(Nc1nc2ccc(Br)nc2s1)c1ccc(C(F)(F)F)cc1.[2HH].[B].[K+]. The van der Waals surface area contributed by atoms with Crippen molar-refractivity contribution in [3.05, 3.63) is 267 Å². The van der Waals surface area contributed by atoms with E-state index in [4.69, 9.17) is 39.9 Å². The van der Waals surface area contributed by atoms with E-state index in [1.54, 1.807) is 86.8 Å². The van der Waals surface area contributed by atoms with Crippen molar-refractivity contribution >= 4 is 277 Å². The number of thiazole rings is 4. The Bertz CT molecular complexity index is 5740. The largest absolute Gasteiger partial charge is 1.00 e. The zero-order valence-electron chi connectivity index (χ0n) is 61.2. The number of nitrogens with two attached hydrogens (primary N) is 2. The molecular formula is C75H57BBr5Cl2F6KN15O10S5. The van der Waals surface area contributed by atoms with E-state index in [-0.39, 0.29) is 91.6 Å². The van der Waals surface area contributed by atoms with E-state index < -0.39 is 57.4 Å². The minimum absolute atomic E-state index is 0. The van der Waals surface area contributed by atoms with Gasteiger partial charge in [0, 0.05) is 37.7 Å². The minimum Gasteiger partial charge on any atom is -0.696 e. The van der Waals surface area contributed by atoms with Gasteiger partial charge in [-0.15, -0.1) is 0 Å². The van der Waals surface area contributed by atoms with Gasteiger partial charge in [-0.1, -0.05) is 70.3 Å². The van der Waals surface area contributed by atoms with Crippen molar-refractivity contribution in [2.45, 2.75) is 39.2 Å². The molecule has 0 atom stereocenters.